The van der Waals surface area contributed by atoms with E-state index >= 15 is 0 Å². The molecule has 0 radical (unpaired) electrons. The van der Waals surface area contributed by atoms with Gasteiger partial charge in [0.25, 0.3) is 5.56 Å². The molecular formula is C13H17N3O3S2. The van der Waals surface area contributed by atoms with Gasteiger partial charge >= 0.3 is 0 Å². The number of fused-ring (bicyclic) bond motifs is 3. The summed E-state index contributed by atoms with van der Waals surface area (Å²) in [4.78, 5) is 21.1. The fourth-order valence-corrected chi connectivity index (χ4v) is 4.76. The maximum atomic E-state index is 12.3. The first-order chi connectivity index (χ1) is 9.89. The zero-order chi connectivity index (χ0) is 15.2. The molecule has 2 aromatic rings. The zero-order valence-corrected chi connectivity index (χ0v) is 13.5. The molecule has 0 amide bonds. The van der Waals surface area contributed by atoms with Gasteiger partial charge in [0.05, 0.1) is 5.39 Å². The molecule has 1 unspecified atom stereocenters. The van der Waals surface area contributed by atoms with Gasteiger partial charge in [-0.25, -0.2) is 18.1 Å². The summed E-state index contributed by atoms with van der Waals surface area (Å²) < 4.78 is 25.4. The van der Waals surface area contributed by atoms with Crippen molar-refractivity contribution in [3.8, 4) is 0 Å². The molecule has 0 saturated carbocycles. The number of sulfonamides is 1. The van der Waals surface area contributed by atoms with Crippen molar-refractivity contribution in [1.82, 2.24) is 14.7 Å². The van der Waals surface area contributed by atoms with Gasteiger partial charge < -0.3 is 4.98 Å². The number of hydrogen-bond acceptors (Lipinski definition) is 5. The smallest absolute Gasteiger partial charge is 0.259 e. The van der Waals surface area contributed by atoms with E-state index in [-0.39, 0.29) is 17.1 Å². The van der Waals surface area contributed by atoms with Gasteiger partial charge in [-0.1, -0.05) is 6.92 Å². The Morgan fingerprint density at radius 2 is 2.24 bits per heavy atom. The quantitative estimate of drug-likeness (QED) is 0.885. The fourth-order valence-electron chi connectivity index (χ4n) is 2.71. The predicted molar refractivity (Wildman–Crippen MR) is 83.1 cm³/mol. The zero-order valence-electron chi connectivity index (χ0n) is 11.9. The van der Waals surface area contributed by atoms with Crippen molar-refractivity contribution in [3.05, 3.63) is 26.6 Å². The minimum Gasteiger partial charge on any atom is -0.309 e. The lowest BCUT2D eigenvalue weighted by molar-refractivity contribution is 0.509. The first kappa shape index (κ1) is 14.7. The minimum absolute atomic E-state index is 0.188. The van der Waals surface area contributed by atoms with E-state index in [2.05, 4.69) is 21.6 Å². The predicted octanol–water partition coefficient (Wildman–Crippen LogP) is 1.16. The number of H-pyrrole nitrogens is 1. The summed E-state index contributed by atoms with van der Waals surface area (Å²) in [6.07, 6.45) is 2.95. The van der Waals surface area contributed by atoms with Crippen molar-refractivity contribution in [3.63, 3.8) is 0 Å². The monoisotopic (exact) mass is 327 g/mol. The van der Waals surface area contributed by atoms with Crippen LogP contribution in [0.2, 0.25) is 0 Å². The average Bonchev–Trinajstić information content (AvgIpc) is 2.75. The molecular weight excluding hydrogens is 310 g/mol. The molecule has 6 nitrogen and oxygen atoms in total. The molecule has 3 rings (SSSR count). The van der Waals surface area contributed by atoms with Crippen LogP contribution in [-0.4, -0.2) is 25.4 Å². The van der Waals surface area contributed by atoms with E-state index in [0.29, 0.717) is 16.1 Å². The highest BCUT2D eigenvalue weighted by molar-refractivity contribution is 7.88. The van der Waals surface area contributed by atoms with Crippen LogP contribution in [0.5, 0.6) is 0 Å². The number of rotatable bonds is 3. The molecule has 0 aliphatic heterocycles. The van der Waals surface area contributed by atoms with Crippen LogP contribution in [0.25, 0.3) is 10.2 Å². The Hall–Kier alpha value is -1.25. The van der Waals surface area contributed by atoms with Gasteiger partial charge in [-0.05, 0) is 37.8 Å². The third-order valence-electron chi connectivity index (χ3n) is 3.85. The molecule has 2 aromatic heterocycles. The molecule has 8 heteroatoms. The Kier molecular flexibility index (Phi) is 3.62. The highest BCUT2D eigenvalue weighted by atomic mass is 32.2. The van der Waals surface area contributed by atoms with E-state index in [0.717, 1.165) is 24.8 Å². The van der Waals surface area contributed by atoms with Crippen LogP contribution in [0.1, 0.15) is 29.6 Å². The second-order valence-electron chi connectivity index (χ2n) is 5.51. The van der Waals surface area contributed by atoms with Crippen LogP contribution < -0.4 is 10.3 Å². The van der Waals surface area contributed by atoms with E-state index in [1.54, 1.807) is 0 Å². The summed E-state index contributed by atoms with van der Waals surface area (Å²) in [5, 5.41) is 0.646. The van der Waals surface area contributed by atoms with Crippen LogP contribution in [0.3, 0.4) is 0 Å². The average molecular weight is 327 g/mol. The van der Waals surface area contributed by atoms with Crippen LogP contribution >= 0.6 is 11.3 Å². The lowest BCUT2D eigenvalue weighted by Gasteiger charge is -2.17. The minimum atomic E-state index is -3.45. The molecule has 0 saturated heterocycles. The summed E-state index contributed by atoms with van der Waals surface area (Å²) in [5.74, 6) is 0.496. The molecule has 1 aliphatic rings. The number of hydrogen-bond donors (Lipinski definition) is 2. The molecule has 2 N–H and O–H groups in total. The second kappa shape index (κ2) is 5.19. The fraction of sp³-hybridized carbons (Fsp3) is 0.538. The molecule has 0 bridgehead atoms. The number of nitrogens with zero attached hydrogens (tertiary/aromatic N) is 1. The van der Waals surface area contributed by atoms with Crippen molar-refractivity contribution < 1.29 is 8.42 Å². The van der Waals surface area contributed by atoms with Gasteiger partial charge in [0.2, 0.25) is 10.0 Å². The summed E-state index contributed by atoms with van der Waals surface area (Å²) in [7, 11) is -2.10. The number of aromatic nitrogens is 2. The summed E-state index contributed by atoms with van der Waals surface area (Å²) in [6, 6.07) is 0. The van der Waals surface area contributed by atoms with Gasteiger partial charge in [0.1, 0.15) is 16.4 Å². The normalized spacial score (nSPS) is 18.9. The topological polar surface area (TPSA) is 91.9 Å². The van der Waals surface area contributed by atoms with Crippen molar-refractivity contribution in [2.75, 3.05) is 7.05 Å². The Morgan fingerprint density at radius 3 is 2.95 bits per heavy atom. The lowest BCUT2D eigenvalue weighted by Crippen LogP contribution is -2.23. The maximum absolute atomic E-state index is 12.3. The van der Waals surface area contributed by atoms with E-state index in [4.69, 9.17) is 0 Å². The van der Waals surface area contributed by atoms with E-state index in [9.17, 15) is 13.2 Å². The van der Waals surface area contributed by atoms with Gasteiger partial charge in [-0.2, -0.15) is 0 Å². The maximum Gasteiger partial charge on any atom is 0.259 e. The Bertz CT molecular complexity index is 851. The second-order valence-corrected chi connectivity index (χ2v) is 8.52. The largest absolute Gasteiger partial charge is 0.309 e. The van der Waals surface area contributed by atoms with Crippen LogP contribution in [0.4, 0.5) is 0 Å². The Balaban J connectivity index is 2.11. The Labute approximate surface area is 126 Å². The van der Waals surface area contributed by atoms with Gasteiger partial charge in [0.15, 0.2) is 0 Å². The molecule has 2 heterocycles. The highest BCUT2D eigenvalue weighted by Gasteiger charge is 2.23. The van der Waals surface area contributed by atoms with Crippen molar-refractivity contribution in [2.24, 2.45) is 5.92 Å². The standard InChI is InChI=1S/C13H17N3O3S2/c1-7-3-4-8-9(5-7)20-13-11(8)12(17)15-10(16-13)6-21(18,19)14-2/h7,14H,3-6H2,1-2H3,(H,15,16,17). The molecule has 0 fully saturated rings. The lowest BCUT2D eigenvalue weighted by atomic mass is 9.89. The van der Waals surface area contributed by atoms with Crippen molar-refractivity contribution >= 4 is 31.6 Å². The van der Waals surface area contributed by atoms with Crippen molar-refractivity contribution in [1.29, 1.82) is 0 Å². The first-order valence-corrected chi connectivity index (χ1v) is 9.31. The number of aromatic amines is 1. The molecule has 0 aromatic carbocycles. The summed E-state index contributed by atoms with van der Waals surface area (Å²) >= 11 is 1.52. The number of nitrogens with one attached hydrogen (secondary N) is 2. The first-order valence-electron chi connectivity index (χ1n) is 6.84. The molecule has 1 atom stereocenters. The third kappa shape index (κ3) is 2.75. The summed E-state index contributed by atoms with van der Waals surface area (Å²) in [5.41, 5.74) is 0.873. The van der Waals surface area contributed by atoms with E-state index < -0.39 is 10.0 Å². The van der Waals surface area contributed by atoms with Crippen molar-refractivity contribution in [2.45, 2.75) is 31.9 Å². The SMILES string of the molecule is CNS(=O)(=O)Cc1nc2sc3c(c2c(=O)[nH]1)CCC(C)C3. The van der Waals surface area contributed by atoms with E-state index in [1.165, 1.54) is 23.3 Å². The molecule has 0 spiro atoms. The van der Waals surface area contributed by atoms with Crippen LogP contribution in [-0.2, 0) is 28.6 Å². The molecule has 21 heavy (non-hydrogen) atoms. The molecule has 1 aliphatic carbocycles. The number of aryl methyl sites for hydroxylation is 1. The van der Waals surface area contributed by atoms with Gasteiger partial charge in [0, 0.05) is 4.88 Å². The third-order valence-corrected chi connectivity index (χ3v) is 6.28. The highest BCUT2D eigenvalue weighted by Crippen LogP contribution is 2.35. The van der Waals surface area contributed by atoms with Gasteiger partial charge in [-0.3, -0.25) is 4.79 Å². The van der Waals surface area contributed by atoms with Crippen LogP contribution in [0, 0.1) is 5.92 Å². The molecule has 114 valence electrons. The summed E-state index contributed by atoms with van der Waals surface area (Å²) in [6.45, 7) is 2.20. The number of thiophene rings is 1. The van der Waals surface area contributed by atoms with Crippen LogP contribution in [0.15, 0.2) is 4.79 Å². The Morgan fingerprint density at radius 1 is 1.48 bits per heavy atom. The van der Waals surface area contributed by atoms with Gasteiger partial charge in [-0.15, -0.1) is 11.3 Å². The van der Waals surface area contributed by atoms with E-state index in [1.807, 2.05) is 0 Å².